The molecule has 5 heteroatoms. The van der Waals surface area contributed by atoms with Crippen LogP contribution in [0.1, 0.15) is 36.0 Å². The Morgan fingerprint density at radius 2 is 2.36 bits per heavy atom. The first kappa shape index (κ1) is 16.5. The molecule has 1 aliphatic heterocycles. The molecule has 1 saturated heterocycles. The molecule has 0 aliphatic carbocycles. The molecule has 0 saturated carbocycles. The van der Waals surface area contributed by atoms with Gasteiger partial charge in [0.2, 0.25) is 0 Å². The number of rotatable bonds is 7. The van der Waals surface area contributed by atoms with Crippen molar-refractivity contribution < 1.29 is 4.79 Å². The highest BCUT2D eigenvalue weighted by Gasteiger charge is 2.18. The van der Waals surface area contributed by atoms with Gasteiger partial charge in [-0.05, 0) is 45.0 Å². The van der Waals surface area contributed by atoms with E-state index in [4.69, 9.17) is 0 Å². The Bertz CT molecular complexity index is 486. The third-order valence-electron chi connectivity index (χ3n) is 4.14. The zero-order valence-corrected chi connectivity index (χ0v) is 13.3. The van der Waals surface area contributed by atoms with E-state index in [1.807, 2.05) is 6.07 Å². The van der Waals surface area contributed by atoms with Crippen LogP contribution in [0.25, 0.3) is 0 Å². The minimum atomic E-state index is -0.0544. The largest absolute Gasteiger partial charge is 0.367 e. The topological polar surface area (TPSA) is 57.3 Å². The van der Waals surface area contributed by atoms with Crippen molar-refractivity contribution in [2.45, 2.75) is 31.7 Å². The molecule has 1 atom stereocenters. The van der Waals surface area contributed by atoms with Crippen LogP contribution in [-0.2, 0) is 0 Å². The Kier molecular flexibility index (Phi) is 6.40. The molecule has 0 bridgehead atoms. The van der Waals surface area contributed by atoms with Crippen molar-refractivity contribution in [2.24, 2.45) is 0 Å². The quantitative estimate of drug-likeness (QED) is 0.759. The standard InChI is InChI=1S/C17H26N4O/c1-3-10-18-16-8-7-14(13-20-16)17(22)19-11-9-15-6-4-5-12-21(15)2/h3,7-8,13,15H,1,4-6,9-12H2,2H3,(H,18,20)(H,19,22)/t15-/m0/s1. The molecule has 2 N–H and O–H groups in total. The summed E-state index contributed by atoms with van der Waals surface area (Å²) in [4.78, 5) is 18.7. The lowest BCUT2D eigenvalue weighted by molar-refractivity contribution is 0.0945. The fraction of sp³-hybridized carbons (Fsp3) is 0.529. The van der Waals surface area contributed by atoms with Gasteiger partial charge in [-0.1, -0.05) is 12.5 Å². The van der Waals surface area contributed by atoms with Crippen molar-refractivity contribution >= 4 is 11.7 Å². The number of piperidine rings is 1. The van der Waals surface area contributed by atoms with Crippen LogP contribution in [0.4, 0.5) is 5.82 Å². The molecular formula is C17H26N4O. The number of carbonyl (C=O) groups excluding carboxylic acids is 1. The summed E-state index contributed by atoms with van der Waals surface area (Å²) in [6.07, 6.45) is 8.20. The van der Waals surface area contributed by atoms with Crippen LogP contribution < -0.4 is 10.6 Å². The summed E-state index contributed by atoms with van der Waals surface area (Å²) in [7, 11) is 2.17. The van der Waals surface area contributed by atoms with Crippen LogP contribution in [0.15, 0.2) is 31.0 Å². The van der Waals surface area contributed by atoms with E-state index in [0.29, 0.717) is 24.7 Å². The Balaban J connectivity index is 1.75. The number of amides is 1. The number of nitrogens with zero attached hydrogens (tertiary/aromatic N) is 2. The zero-order valence-electron chi connectivity index (χ0n) is 13.3. The highest BCUT2D eigenvalue weighted by Crippen LogP contribution is 2.17. The van der Waals surface area contributed by atoms with Crippen molar-refractivity contribution in [1.29, 1.82) is 0 Å². The lowest BCUT2D eigenvalue weighted by Gasteiger charge is -2.32. The normalized spacial score (nSPS) is 18.7. The Labute approximate surface area is 132 Å². The van der Waals surface area contributed by atoms with Crippen LogP contribution in [0.3, 0.4) is 0 Å². The fourth-order valence-electron chi connectivity index (χ4n) is 2.77. The third kappa shape index (κ3) is 4.84. The molecule has 0 aromatic carbocycles. The number of likely N-dealkylation sites (tertiary alicyclic amines) is 1. The summed E-state index contributed by atoms with van der Waals surface area (Å²) in [6.45, 7) is 6.18. The van der Waals surface area contributed by atoms with Crippen LogP contribution in [0.2, 0.25) is 0 Å². The van der Waals surface area contributed by atoms with E-state index >= 15 is 0 Å². The zero-order chi connectivity index (χ0) is 15.8. The highest BCUT2D eigenvalue weighted by atomic mass is 16.1. The van der Waals surface area contributed by atoms with Crippen LogP contribution in [-0.4, -0.2) is 48.5 Å². The summed E-state index contributed by atoms with van der Waals surface area (Å²) in [5.74, 6) is 0.696. The number of hydrogen-bond acceptors (Lipinski definition) is 4. The number of hydrogen-bond donors (Lipinski definition) is 2. The predicted molar refractivity (Wildman–Crippen MR) is 90.1 cm³/mol. The molecule has 0 spiro atoms. The molecule has 5 nitrogen and oxygen atoms in total. The SMILES string of the molecule is C=CCNc1ccc(C(=O)NCC[C@@H]2CCCCN2C)cn1. The molecule has 2 heterocycles. The first-order valence-corrected chi connectivity index (χ1v) is 8.00. The molecule has 1 aliphatic rings. The molecule has 2 rings (SSSR count). The van der Waals surface area contributed by atoms with Crippen molar-refractivity contribution in [1.82, 2.24) is 15.2 Å². The highest BCUT2D eigenvalue weighted by molar-refractivity contribution is 5.94. The van der Waals surface area contributed by atoms with Crippen molar-refractivity contribution in [3.8, 4) is 0 Å². The first-order valence-electron chi connectivity index (χ1n) is 8.00. The van der Waals surface area contributed by atoms with Crippen molar-refractivity contribution in [3.63, 3.8) is 0 Å². The molecule has 22 heavy (non-hydrogen) atoms. The lowest BCUT2D eigenvalue weighted by Crippen LogP contribution is -2.39. The Morgan fingerprint density at radius 1 is 1.50 bits per heavy atom. The van der Waals surface area contributed by atoms with Crippen molar-refractivity contribution in [3.05, 3.63) is 36.5 Å². The smallest absolute Gasteiger partial charge is 0.252 e. The number of carbonyl (C=O) groups is 1. The second kappa shape index (κ2) is 8.54. The first-order chi connectivity index (χ1) is 10.7. The molecule has 1 aromatic heterocycles. The summed E-state index contributed by atoms with van der Waals surface area (Å²) in [5, 5.41) is 6.07. The Hall–Kier alpha value is -1.88. The van der Waals surface area contributed by atoms with Crippen molar-refractivity contribution in [2.75, 3.05) is 32.0 Å². The predicted octanol–water partition coefficient (Wildman–Crippen LogP) is 2.28. The van der Waals surface area contributed by atoms with Gasteiger partial charge in [0.15, 0.2) is 0 Å². The number of aromatic nitrogens is 1. The van der Waals surface area contributed by atoms with Crippen LogP contribution in [0.5, 0.6) is 0 Å². The molecule has 1 amide bonds. The van der Waals surface area contributed by atoms with Gasteiger partial charge < -0.3 is 15.5 Å². The van der Waals surface area contributed by atoms with E-state index in [1.54, 1.807) is 18.3 Å². The average Bonchev–Trinajstić information content (AvgIpc) is 2.55. The van der Waals surface area contributed by atoms with E-state index in [1.165, 1.54) is 25.8 Å². The maximum Gasteiger partial charge on any atom is 0.252 e. The van der Waals surface area contributed by atoms with Gasteiger partial charge in [-0.25, -0.2) is 4.98 Å². The minimum absolute atomic E-state index is 0.0544. The van der Waals surface area contributed by atoms with E-state index in [0.717, 1.165) is 12.2 Å². The van der Waals surface area contributed by atoms with E-state index in [2.05, 4.69) is 34.1 Å². The maximum absolute atomic E-state index is 12.1. The van der Waals surface area contributed by atoms with Gasteiger partial charge in [-0.15, -0.1) is 6.58 Å². The van der Waals surface area contributed by atoms with Gasteiger partial charge >= 0.3 is 0 Å². The maximum atomic E-state index is 12.1. The second-order valence-electron chi connectivity index (χ2n) is 5.78. The molecule has 120 valence electrons. The van der Waals surface area contributed by atoms with Gasteiger partial charge in [-0.3, -0.25) is 4.79 Å². The monoisotopic (exact) mass is 302 g/mol. The lowest BCUT2D eigenvalue weighted by atomic mass is 10.0. The van der Waals surface area contributed by atoms with Gasteiger partial charge in [0.25, 0.3) is 5.91 Å². The van der Waals surface area contributed by atoms with Gasteiger partial charge in [-0.2, -0.15) is 0 Å². The van der Waals surface area contributed by atoms with Crippen LogP contribution >= 0.6 is 0 Å². The number of nitrogens with one attached hydrogen (secondary N) is 2. The summed E-state index contributed by atoms with van der Waals surface area (Å²) in [5.41, 5.74) is 0.598. The van der Waals surface area contributed by atoms with E-state index < -0.39 is 0 Å². The molecule has 0 radical (unpaired) electrons. The third-order valence-corrected chi connectivity index (χ3v) is 4.14. The van der Waals surface area contributed by atoms with Gasteiger partial charge in [0.1, 0.15) is 5.82 Å². The van der Waals surface area contributed by atoms with E-state index in [9.17, 15) is 4.79 Å². The van der Waals surface area contributed by atoms with Crippen LogP contribution in [0, 0.1) is 0 Å². The molecular weight excluding hydrogens is 276 g/mol. The summed E-state index contributed by atoms with van der Waals surface area (Å²) < 4.78 is 0. The Morgan fingerprint density at radius 3 is 3.05 bits per heavy atom. The average molecular weight is 302 g/mol. The fourth-order valence-corrected chi connectivity index (χ4v) is 2.77. The van der Waals surface area contributed by atoms with E-state index in [-0.39, 0.29) is 5.91 Å². The summed E-state index contributed by atoms with van der Waals surface area (Å²) >= 11 is 0. The van der Waals surface area contributed by atoms with Gasteiger partial charge in [0.05, 0.1) is 5.56 Å². The molecule has 1 aromatic rings. The summed E-state index contributed by atoms with van der Waals surface area (Å²) in [6, 6.07) is 4.20. The van der Waals surface area contributed by atoms with Gasteiger partial charge in [0, 0.05) is 25.3 Å². The molecule has 1 fully saturated rings. The molecule has 0 unspecified atom stereocenters. The minimum Gasteiger partial charge on any atom is -0.367 e. The number of anilines is 1. The number of pyridine rings is 1. The second-order valence-corrected chi connectivity index (χ2v) is 5.78.